The summed E-state index contributed by atoms with van der Waals surface area (Å²) in [5.74, 6) is -0.173. The van der Waals surface area contributed by atoms with Gasteiger partial charge in [0, 0.05) is 24.4 Å². The molecule has 0 bridgehead atoms. The van der Waals surface area contributed by atoms with Gasteiger partial charge in [-0.15, -0.1) is 0 Å². The molecule has 0 unspecified atom stereocenters. The lowest BCUT2D eigenvalue weighted by atomic mass is 9.88. The van der Waals surface area contributed by atoms with Crippen molar-refractivity contribution in [3.63, 3.8) is 0 Å². The van der Waals surface area contributed by atoms with Gasteiger partial charge in [-0.1, -0.05) is 17.4 Å². The zero-order valence-corrected chi connectivity index (χ0v) is 13.3. The summed E-state index contributed by atoms with van der Waals surface area (Å²) in [6, 6.07) is 3.49. The molecule has 1 fully saturated rings. The number of hydrogen-bond donors (Lipinski definition) is 1. The van der Waals surface area contributed by atoms with Crippen molar-refractivity contribution in [2.75, 3.05) is 20.3 Å². The molecule has 0 aliphatic carbocycles. The standard InChI is InChI=1S/C16H18ClNO4/c1-9-7-10(17)12(11(8-9)21-2)13-14(19)16(18-15(13)20)3-5-22-6-4-16/h7-8,19H,3-6H2,1-2H3,(H,18,20)/p-1. The lowest BCUT2D eigenvalue weighted by Gasteiger charge is -2.39. The highest BCUT2D eigenvalue weighted by atomic mass is 35.5. The molecule has 22 heavy (non-hydrogen) atoms. The summed E-state index contributed by atoms with van der Waals surface area (Å²) in [5.41, 5.74) is 0.506. The molecule has 118 valence electrons. The van der Waals surface area contributed by atoms with Gasteiger partial charge >= 0.3 is 0 Å². The van der Waals surface area contributed by atoms with Crippen LogP contribution in [0, 0.1) is 6.92 Å². The van der Waals surface area contributed by atoms with Gasteiger partial charge in [-0.3, -0.25) is 4.79 Å². The Hall–Kier alpha value is -1.72. The first-order chi connectivity index (χ1) is 10.5. The topological polar surface area (TPSA) is 70.6 Å². The van der Waals surface area contributed by atoms with E-state index in [9.17, 15) is 9.90 Å². The first-order valence-electron chi connectivity index (χ1n) is 7.15. The molecule has 1 saturated heterocycles. The Labute approximate surface area is 133 Å². The molecule has 1 amide bonds. The average Bonchev–Trinajstić information content (AvgIpc) is 2.71. The quantitative estimate of drug-likeness (QED) is 0.893. The van der Waals surface area contributed by atoms with Crippen molar-refractivity contribution in [2.24, 2.45) is 0 Å². The summed E-state index contributed by atoms with van der Waals surface area (Å²) in [5, 5.41) is 16.1. The third-order valence-corrected chi connectivity index (χ3v) is 4.55. The van der Waals surface area contributed by atoms with Gasteiger partial charge in [-0.05, 0) is 37.5 Å². The fourth-order valence-corrected chi connectivity index (χ4v) is 3.45. The number of hydrogen-bond acceptors (Lipinski definition) is 4. The summed E-state index contributed by atoms with van der Waals surface area (Å²) in [6.45, 7) is 2.79. The third kappa shape index (κ3) is 2.25. The van der Waals surface area contributed by atoms with Crippen molar-refractivity contribution in [1.29, 1.82) is 0 Å². The normalized spacial score (nSPS) is 20.4. The molecule has 1 spiro atoms. The molecule has 3 rings (SSSR count). The molecule has 0 atom stereocenters. The SMILES string of the molecule is COc1cc(C)cc(Cl)c1C1=C([O-])C2(CCOCC2)NC1=O. The average molecular weight is 323 g/mol. The van der Waals surface area contributed by atoms with E-state index in [-0.39, 0.29) is 11.3 Å². The molecule has 1 aromatic rings. The Morgan fingerprint density at radius 2 is 2.05 bits per heavy atom. The number of halogens is 1. The van der Waals surface area contributed by atoms with E-state index >= 15 is 0 Å². The number of carbonyl (C=O) groups is 1. The molecule has 0 radical (unpaired) electrons. The fraction of sp³-hybridized carbons (Fsp3) is 0.438. The molecule has 0 aromatic heterocycles. The Morgan fingerprint density at radius 3 is 2.68 bits per heavy atom. The van der Waals surface area contributed by atoms with Crippen LogP contribution in [0.15, 0.2) is 17.9 Å². The van der Waals surface area contributed by atoms with Crippen LogP contribution in [0.1, 0.15) is 24.0 Å². The molecular weight excluding hydrogens is 306 g/mol. The minimum atomic E-state index is -0.857. The van der Waals surface area contributed by atoms with Gasteiger partial charge in [-0.2, -0.15) is 0 Å². The van der Waals surface area contributed by atoms with Crippen LogP contribution >= 0.6 is 11.6 Å². The molecule has 6 heteroatoms. The van der Waals surface area contributed by atoms with Crippen molar-refractivity contribution in [3.8, 4) is 5.75 Å². The summed E-state index contributed by atoms with van der Waals surface area (Å²) in [4.78, 5) is 12.4. The number of carbonyl (C=O) groups excluding carboxylic acids is 1. The van der Waals surface area contributed by atoms with Crippen LogP contribution in [0.2, 0.25) is 5.02 Å². The summed E-state index contributed by atoms with van der Waals surface area (Å²) >= 11 is 6.29. The summed E-state index contributed by atoms with van der Waals surface area (Å²) in [6.07, 6.45) is 0.958. The van der Waals surface area contributed by atoms with Crippen molar-refractivity contribution in [3.05, 3.63) is 34.0 Å². The second-order valence-corrected chi connectivity index (χ2v) is 6.08. The van der Waals surface area contributed by atoms with Gasteiger partial charge in [0.1, 0.15) is 5.75 Å². The largest absolute Gasteiger partial charge is 0.873 e. The van der Waals surface area contributed by atoms with Crippen LogP contribution in [-0.4, -0.2) is 31.8 Å². The maximum Gasteiger partial charge on any atom is 0.251 e. The summed E-state index contributed by atoms with van der Waals surface area (Å²) < 4.78 is 10.6. The number of amides is 1. The van der Waals surface area contributed by atoms with Crippen LogP contribution in [0.25, 0.3) is 5.57 Å². The lowest BCUT2D eigenvalue weighted by Crippen LogP contribution is -2.51. The van der Waals surface area contributed by atoms with E-state index in [1.165, 1.54) is 7.11 Å². The molecule has 2 aliphatic rings. The van der Waals surface area contributed by atoms with E-state index in [2.05, 4.69) is 5.32 Å². The number of aryl methyl sites for hydroxylation is 1. The van der Waals surface area contributed by atoms with Gasteiger partial charge in [0.05, 0.1) is 17.7 Å². The van der Waals surface area contributed by atoms with Crippen LogP contribution in [-0.2, 0) is 9.53 Å². The molecule has 0 saturated carbocycles. The third-order valence-electron chi connectivity index (χ3n) is 4.26. The molecule has 5 nitrogen and oxygen atoms in total. The predicted molar refractivity (Wildman–Crippen MR) is 80.6 cm³/mol. The predicted octanol–water partition coefficient (Wildman–Crippen LogP) is 1.41. The van der Waals surface area contributed by atoms with Crippen molar-refractivity contribution in [2.45, 2.75) is 25.3 Å². The Balaban J connectivity index is 2.17. The van der Waals surface area contributed by atoms with Crippen LogP contribution in [0.5, 0.6) is 5.75 Å². The molecule has 1 aromatic carbocycles. The van der Waals surface area contributed by atoms with E-state index in [4.69, 9.17) is 21.1 Å². The van der Waals surface area contributed by atoms with Gasteiger partial charge in [0.25, 0.3) is 5.91 Å². The molecular formula is C16H17ClNO4-. The van der Waals surface area contributed by atoms with Crippen LogP contribution in [0.3, 0.4) is 0 Å². The Bertz CT molecular complexity index is 662. The first kappa shape index (κ1) is 15.2. The molecule has 1 N–H and O–H groups in total. The van der Waals surface area contributed by atoms with Gasteiger partial charge in [0.15, 0.2) is 0 Å². The molecule has 2 heterocycles. The number of methoxy groups -OCH3 is 1. The zero-order valence-electron chi connectivity index (χ0n) is 12.5. The Morgan fingerprint density at radius 1 is 1.36 bits per heavy atom. The summed E-state index contributed by atoms with van der Waals surface area (Å²) in [7, 11) is 1.50. The van der Waals surface area contributed by atoms with Crippen molar-refractivity contribution in [1.82, 2.24) is 5.32 Å². The highest BCUT2D eigenvalue weighted by molar-refractivity contribution is 6.36. The zero-order chi connectivity index (χ0) is 15.9. The minimum absolute atomic E-state index is 0.0868. The van der Waals surface area contributed by atoms with Gasteiger partial charge in [-0.25, -0.2) is 0 Å². The molecule has 2 aliphatic heterocycles. The van der Waals surface area contributed by atoms with E-state index in [1.54, 1.807) is 12.1 Å². The highest BCUT2D eigenvalue weighted by Crippen LogP contribution is 2.42. The van der Waals surface area contributed by atoms with Crippen molar-refractivity contribution >= 4 is 23.1 Å². The van der Waals surface area contributed by atoms with E-state index in [0.29, 0.717) is 42.4 Å². The maximum atomic E-state index is 12.9. The number of benzene rings is 1. The minimum Gasteiger partial charge on any atom is -0.873 e. The van der Waals surface area contributed by atoms with Gasteiger partial charge < -0.3 is 19.9 Å². The monoisotopic (exact) mass is 322 g/mol. The number of nitrogens with one attached hydrogen (secondary N) is 1. The highest BCUT2D eigenvalue weighted by Gasteiger charge is 2.42. The van der Waals surface area contributed by atoms with E-state index in [1.807, 2.05) is 6.92 Å². The smallest absolute Gasteiger partial charge is 0.251 e. The number of ether oxygens (including phenoxy) is 2. The van der Waals surface area contributed by atoms with E-state index < -0.39 is 11.4 Å². The first-order valence-corrected chi connectivity index (χ1v) is 7.53. The van der Waals surface area contributed by atoms with Crippen LogP contribution < -0.4 is 15.2 Å². The lowest BCUT2D eigenvalue weighted by molar-refractivity contribution is -0.318. The van der Waals surface area contributed by atoms with Crippen LogP contribution in [0.4, 0.5) is 0 Å². The Kier molecular flexibility index (Phi) is 3.78. The fourth-order valence-electron chi connectivity index (χ4n) is 3.09. The van der Waals surface area contributed by atoms with E-state index in [0.717, 1.165) is 5.56 Å². The second kappa shape index (κ2) is 5.48. The second-order valence-electron chi connectivity index (χ2n) is 5.68. The van der Waals surface area contributed by atoms with Crippen molar-refractivity contribution < 1.29 is 19.4 Å². The number of rotatable bonds is 2. The van der Waals surface area contributed by atoms with Gasteiger partial charge in [0.2, 0.25) is 0 Å². The maximum absolute atomic E-state index is 12.9.